The fraction of sp³-hybridized carbons (Fsp3) is 0.409. The molecule has 0 saturated carbocycles. The maximum Gasteiger partial charge on any atom is 0.345 e. The molecule has 1 heterocycles. The second-order valence-electron chi connectivity index (χ2n) is 8.63. The van der Waals surface area contributed by atoms with Crippen LogP contribution in [0.1, 0.15) is 77.8 Å². The molecule has 2 aromatic rings. The first kappa shape index (κ1) is 17.9. The number of benzene rings is 1. The van der Waals surface area contributed by atoms with Gasteiger partial charge in [-0.3, -0.25) is 0 Å². The van der Waals surface area contributed by atoms with Crippen LogP contribution in [0.2, 0.25) is 0 Å². The van der Waals surface area contributed by atoms with Crippen LogP contribution in [0.3, 0.4) is 0 Å². The molecule has 1 aliphatic carbocycles. The van der Waals surface area contributed by atoms with Crippen molar-refractivity contribution in [1.82, 2.24) is 0 Å². The van der Waals surface area contributed by atoms with Crippen LogP contribution < -0.4 is 0 Å². The third kappa shape index (κ3) is 3.18. The number of aromatic carboxylic acids is 1. The number of hydrogen-bond donors (Lipinski definition) is 1. The molecular weight excluding hydrogens is 328 g/mol. The van der Waals surface area contributed by atoms with Gasteiger partial charge in [0.25, 0.3) is 0 Å². The maximum absolute atomic E-state index is 11.2. The van der Waals surface area contributed by atoms with Crippen LogP contribution >= 0.6 is 11.3 Å². The van der Waals surface area contributed by atoms with Gasteiger partial charge in [0.1, 0.15) is 4.88 Å². The van der Waals surface area contributed by atoms with Gasteiger partial charge in [-0.05, 0) is 63.6 Å². The van der Waals surface area contributed by atoms with E-state index in [0.29, 0.717) is 4.88 Å². The predicted molar refractivity (Wildman–Crippen MR) is 106 cm³/mol. The van der Waals surface area contributed by atoms with Crippen molar-refractivity contribution in [2.45, 2.75) is 58.3 Å². The molecule has 3 heteroatoms. The summed E-state index contributed by atoms with van der Waals surface area (Å²) in [4.78, 5) is 12.5. The lowest BCUT2D eigenvalue weighted by Gasteiger charge is -2.26. The van der Waals surface area contributed by atoms with Crippen LogP contribution in [0.4, 0.5) is 0 Å². The number of thiophene rings is 1. The van der Waals surface area contributed by atoms with Gasteiger partial charge in [0.15, 0.2) is 0 Å². The molecule has 1 aliphatic rings. The smallest absolute Gasteiger partial charge is 0.345 e. The first-order valence-corrected chi connectivity index (χ1v) is 9.53. The molecule has 0 saturated heterocycles. The van der Waals surface area contributed by atoms with Crippen molar-refractivity contribution in [1.29, 1.82) is 0 Å². The molecule has 132 valence electrons. The molecule has 2 nitrogen and oxygen atoms in total. The molecule has 1 aromatic heterocycles. The summed E-state index contributed by atoms with van der Waals surface area (Å²) >= 11 is 1.30. The lowest BCUT2D eigenvalue weighted by molar-refractivity contribution is 0.0702. The number of carboxylic acids is 1. The summed E-state index contributed by atoms with van der Waals surface area (Å²) < 4.78 is 0. The number of fused-ring (bicyclic) bond motifs is 1. The van der Waals surface area contributed by atoms with E-state index >= 15 is 0 Å². The average Bonchev–Trinajstić information content (AvgIpc) is 3.10. The third-order valence-corrected chi connectivity index (χ3v) is 6.42. The van der Waals surface area contributed by atoms with Crippen molar-refractivity contribution < 1.29 is 9.90 Å². The second-order valence-corrected chi connectivity index (χ2v) is 9.72. The van der Waals surface area contributed by atoms with Gasteiger partial charge in [-0.1, -0.05) is 53.3 Å². The molecule has 0 amide bonds. The van der Waals surface area contributed by atoms with Gasteiger partial charge in [0.2, 0.25) is 0 Å². The molecular formula is C22H26O2S. The van der Waals surface area contributed by atoms with Crippen LogP contribution in [0.25, 0.3) is 5.57 Å². The summed E-state index contributed by atoms with van der Waals surface area (Å²) in [5.41, 5.74) is 6.48. The lowest BCUT2D eigenvalue weighted by Crippen LogP contribution is -2.17. The minimum absolute atomic E-state index is 0.0599. The fourth-order valence-electron chi connectivity index (χ4n) is 3.57. The van der Waals surface area contributed by atoms with E-state index in [9.17, 15) is 9.90 Å². The zero-order valence-electron chi connectivity index (χ0n) is 15.7. The van der Waals surface area contributed by atoms with Gasteiger partial charge in [-0.2, -0.15) is 0 Å². The van der Waals surface area contributed by atoms with Crippen LogP contribution in [0.15, 0.2) is 30.8 Å². The van der Waals surface area contributed by atoms with Crippen LogP contribution in [-0.4, -0.2) is 11.1 Å². The van der Waals surface area contributed by atoms with Gasteiger partial charge < -0.3 is 5.11 Å². The Hall–Kier alpha value is -1.87. The van der Waals surface area contributed by atoms with Crippen molar-refractivity contribution in [3.63, 3.8) is 0 Å². The summed E-state index contributed by atoms with van der Waals surface area (Å²) in [5, 5.41) is 9.21. The predicted octanol–water partition coefficient (Wildman–Crippen LogP) is 6.03. The Kier molecular flexibility index (Phi) is 4.19. The summed E-state index contributed by atoms with van der Waals surface area (Å²) in [6.07, 6.45) is 2.19. The molecule has 0 atom stereocenters. The standard InChI is InChI=1S/C22H26O2S/c1-13(18-7-8-19(25-18)20(23)24)16-11-14(21(2,3)4)12-17-15(16)9-10-22(17,5)6/h7-8,11-12H,1,9-10H2,2-6H3,(H,23,24). The van der Waals surface area contributed by atoms with Crippen LogP contribution in [0, 0.1) is 0 Å². The van der Waals surface area contributed by atoms with E-state index in [1.807, 2.05) is 6.07 Å². The van der Waals surface area contributed by atoms with Crippen LogP contribution in [0.5, 0.6) is 0 Å². The Morgan fingerprint density at radius 3 is 2.40 bits per heavy atom. The molecule has 25 heavy (non-hydrogen) atoms. The minimum atomic E-state index is -0.876. The SMILES string of the molecule is C=C(c1ccc(C(=O)O)s1)c1cc(C(C)(C)C)cc2c1CCC2(C)C. The van der Waals surface area contributed by atoms with E-state index in [2.05, 4.69) is 53.3 Å². The van der Waals surface area contributed by atoms with Crippen LogP contribution in [-0.2, 0) is 17.3 Å². The number of carbonyl (C=O) groups is 1. The molecule has 1 aromatic carbocycles. The van der Waals surface area contributed by atoms with E-state index < -0.39 is 5.97 Å². The molecule has 0 aliphatic heterocycles. The highest BCUT2D eigenvalue weighted by molar-refractivity contribution is 7.15. The highest BCUT2D eigenvalue weighted by Gasteiger charge is 2.33. The van der Waals surface area contributed by atoms with Crippen molar-refractivity contribution in [2.24, 2.45) is 0 Å². The molecule has 0 bridgehead atoms. The van der Waals surface area contributed by atoms with Gasteiger partial charge >= 0.3 is 5.97 Å². The normalized spacial score (nSPS) is 15.9. The Morgan fingerprint density at radius 2 is 1.84 bits per heavy atom. The van der Waals surface area contributed by atoms with Crippen molar-refractivity contribution in [3.05, 3.63) is 62.9 Å². The number of carboxylic acid groups (broad SMARTS) is 1. The molecule has 0 spiro atoms. The average molecular weight is 355 g/mol. The first-order valence-electron chi connectivity index (χ1n) is 8.71. The zero-order valence-corrected chi connectivity index (χ0v) is 16.5. The Morgan fingerprint density at radius 1 is 1.20 bits per heavy atom. The Bertz CT molecular complexity index is 863. The fourth-order valence-corrected chi connectivity index (χ4v) is 4.40. The van der Waals surface area contributed by atoms with E-state index in [4.69, 9.17) is 0 Å². The minimum Gasteiger partial charge on any atom is -0.477 e. The van der Waals surface area contributed by atoms with Gasteiger partial charge in [-0.25, -0.2) is 4.79 Å². The molecule has 0 radical (unpaired) electrons. The molecule has 1 N–H and O–H groups in total. The van der Waals surface area contributed by atoms with E-state index in [1.54, 1.807) is 6.07 Å². The molecule has 3 rings (SSSR count). The lowest BCUT2D eigenvalue weighted by atomic mass is 9.79. The monoisotopic (exact) mass is 354 g/mol. The topological polar surface area (TPSA) is 37.3 Å². The Labute approximate surface area is 154 Å². The molecule has 0 fully saturated rings. The third-order valence-electron chi connectivity index (χ3n) is 5.28. The van der Waals surface area contributed by atoms with E-state index in [0.717, 1.165) is 23.3 Å². The highest BCUT2D eigenvalue weighted by Crippen LogP contribution is 2.45. The summed E-state index contributed by atoms with van der Waals surface area (Å²) in [6.45, 7) is 15.7. The quantitative estimate of drug-likeness (QED) is 0.731. The second kappa shape index (κ2) is 5.84. The number of rotatable bonds is 3. The first-order chi connectivity index (χ1) is 11.5. The van der Waals surface area contributed by atoms with Gasteiger partial charge in [-0.15, -0.1) is 11.3 Å². The summed E-state index contributed by atoms with van der Waals surface area (Å²) in [5.74, 6) is -0.876. The van der Waals surface area contributed by atoms with Crippen molar-refractivity contribution >= 4 is 22.9 Å². The van der Waals surface area contributed by atoms with E-state index in [-0.39, 0.29) is 10.8 Å². The molecule has 0 unspecified atom stereocenters. The van der Waals surface area contributed by atoms with Crippen molar-refractivity contribution in [2.75, 3.05) is 0 Å². The van der Waals surface area contributed by atoms with Gasteiger partial charge in [0.05, 0.1) is 0 Å². The maximum atomic E-state index is 11.2. The van der Waals surface area contributed by atoms with Gasteiger partial charge in [0, 0.05) is 4.88 Å². The zero-order chi connectivity index (χ0) is 18.6. The Balaban J connectivity index is 2.16. The van der Waals surface area contributed by atoms with E-state index in [1.165, 1.54) is 33.6 Å². The van der Waals surface area contributed by atoms with Crippen molar-refractivity contribution in [3.8, 4) is 0 Å². The number of hydrogen-bond acceptors (Lipinski definition) is 2. The largest absolute Gasteiger partial charge is 0.477 e. The summed E-state index contributed by atoms with van der Waals surface area (Å²) in [6, 6.07) is 8.19. The highest BCUT2D eigenvalue weighted by atomic mass is 32.1. The summed E-state index contributed by atoms with van der Waals surface area (Å²) in [7, 11) is 0.